The van der Waals surface area contributed by atoms with E-state index >= 15 is 0 Å². The van der Waals surface area contributed by atoms with E-state index in [0.717, 1.165) is 0 Å². The van der Waals surface area contributed by atoms with Gasteiger partial charge in [0.25, 0.3) is 0 Å². The molecule has 0 radical (unpaired) electrons. The summed E-state index contributed by atoms with van der Waals surface area (Å²) < 4.78 is 90.7. The summed E-state index contributed by atoms with van der Waals surface area (Å²) in [7, 11) is -5.40. The predicted octanol–water partition coefficient (Wildman–Crippen LogP) is 3.80. The number of rotatable bonds is 4. The molecule has 1 aromatic carbocycles. The first-order valence-electron chi connectivity index (χ1n) is 6.87. The van der Waals surface area contributed by atoms with Crippen molar-refractivity contribution >= 4 is 56.1 Å². The van der Waals surface area contributed by atoms with Crippen LogP contribution in [0.1, 0.15) is 18.2 Å². The smallest absolute Gasteiger partial charge is 0.388 e. The van der Waals surface area contributed by atoms with Gasteiger partial charge >= 0.3 is 11.4 Å². The molecule has 0 aliphatic rings. The van der Waals surface area contributed by atoms with Crippen LogP contribution in [-0.2, 0) is 16.0 Å². The predicted molar refractivity (Wildman–Crippen MR) is 96.7 cm³/mol. The number of aromatic nitrogens is 2. The molecule has 0 saturated heterocycles. The fourth-order valence-corrected chi connectivity index (χ4v) is 4.10. The van der Waals surface area contributed by atoms with Crippen LogP contribution in [0.3, 0.4) is 0 Å². The molecular weight excluding hydrogens is 474 g/mol. The molecule has 2 aromatic rings. The number of alkyl halides is 5. The van der Waals surface area contributed by atoms with E-state index in [9.17, 15) is 30.4 Å². The second-order valence-electron chi connectivity index (χ2n) is 5.44. The molecule has 0 atom stereocenters. The standard InChI is InChI=1S/C13H9Cl2F5N4O2S2/c1-12(16,17)28(25,26)9-7(11(22)27)23-24(10(9)21)8-5(14)2-4(3-6(8)15)13(18,19)20/h2-3H,21H2,1H3,(H2,22,27). The molecule has 0 fully saturated rings. The highest BCUT2D eigenvalue weighted by Gasteiger charge is 2.46. The van der Waals surface area contributed by atoms with Crippen LogP contribution >= 0.6 is 35.4 Å². The molecule has 1 aromatic heterocycles. The first-order valence-corrected chi connectivity index (χ1v) is 9.52. The maximum atomic E-state index is 13.6. The average molecular weight is 483 g/mol. The van der Waals surface area contributed by atoms with Crippen LogP contribution in [-0.4, -0.2) is 28.4 Å². The molecule has 0 spiro atoms. The van der Waals surface area contributed by atoms with E-state index in [-0.39, 0.29) is 6.92 Å². The Balaban J connectivity index is 2.88. The zero-order valence-electron chi connectivity index (χ0n) is 13.5. The summed E-state index contributed by atoms with van der Waals surface area (Å²) in [6.45, 7) is 0.0978. The molecule has 0 aliphatic carbocycles. The number of hydrogen-bond donors (Lipinski definition) is 2. The molecule has 4 N–H and O–H groups in total. The van der Waals surface area contributed by atoms with E-state index in [4.69, 9.17) is 34.7 Å². The molecule has 6 nitrogen and oxygen atoms in total. The van der Waals surface area contributed by atoms with Gasteiger partial charge in [-0.1, -0.05) is 35.4 Å². The zero-order chi connectivity index (χ0) is 21.8. The van der Waals surface area contributed by atoms with Crippen LogP contribution < -0.4 is 11.5 Å². The van der Waals surface area contributed by atoms with Gasteiger partial charge in [-0.15, -0.1) is 0 Å². The van der Waals surface area contributed by atoms with Gasteiger partial charge in [-0.3, -0.25) is 0 Å². The van der Waals surface area contributed by atoms with E-state index in [0.29, 0.717) is 16.8 Å². The number of thiocarbonyl (C=S) groups is 1. The van der Waals surface area contributed by atoms with Crippen molar-refractivity contribution in [2.75, 3.05) is 5.73 Å². The number of nitrogens with two attached hydrogens (primary N) is 2. The van der Waals surface area contributed by atoms with Crippen molar-refractivity contribution in [3.05, 3.63) is 33.4 Å². The Morgan fingerprint density at radius 1 is 1.18 bits per heavy atom. The first-order chi connectivity index (χ1) is 12.5. The van der Waals surface area contributed by atoms with Crippen molar-refractivity contribution in [3.8, 4) is 5.69 Å². The monoisotopic (exact) mass is 482 g/mol. The van der Waals surface area contributed by atoms with Crippen LogP contribution in [0.4, 0.5) is 27.8 Å². The Labute approximate surface area is 170 Å². The minimum Gasteiger partial charge on any atom is -0.388 e. The highest BCUT2D eigenvalue weighted by Crippen LogP contribution is 2.40. The molecule has 154 valence electrons. The number of nitrogens with zero attached hydrogens (tertiary/aromatic N) is 2. The fourth-order valence-electron chi connectivity index (χ4n) is 2.12. The maximum absolute atomic E-state index is 13.6. The van der Waals surface area contributed by atoms with Crippen LogP contribution in [0.15, 0.2) is 17.0 Å². The molecule has 0 saturated carbocycles. The molecule has 0 amide bonds. The number of halogens is 7. The Hall–Kier alpha value is -1.70. The highest BCUT2D eigenvalue weighted by molar-refractivity contribution is 7.92. The molecular formula is C13H9Cl2F5N4O2S2. The Kier molecular flexibility index (Phi) is 5.62. The van der Waals surface area contributed by atoms with Gasteiger partial charge < -0.3 is 11.5 Å². The van der Waals surface area contributed by atoms with Gasteiger partial charge in [0.05, 0.1) is 15.6 Å². The number of sulfone groups is 1. The zero-order valence-corrected chi connectivity index (χ0v) is 16.6. The number of nitrogen functional groups attached to an aromatic ring is 1. The quantitative estimate of drug-likeness (QED) is 0.507. The summed E-state index contributed by atoms with van der Waals surface area (Å²) >= 11 is 16.3. The lowest BCUT2D eigenvalue weighted by Gasteiger charge is -2.14. The van der Waals surface area contributed by atoms with Crippen LogP contribution in [0.2, 0.25) is 10.0 Å². The second-order valence-corrected chi connectivity index (χ2v) is 8.82. The van der Waals surface area contributed by atoms with Gasteiger partial charge in [0, 0.05) is 6.92 Å². The van der Waals surface area contributed by atoms with Crippen LogP contribution in [0.5, 0.6) is 0 Å². The molecule has 0 aliphatic heterocycles. The van der Waals surface area contributed by atoms with E-state index in [1.165, 1.54) is 0 Å². The van der Waals surface area contributed by atoms with Crippen molar-refractivity contribution in [3.63, 3.8) is 0 Å². The van der Waals surface area contributed by atoms with E-state index in [1.807, 2.05) is 0 Å². The second kappa shape index (κ2) is 6.97. The third-order valence-electron chi connectivity index (χ3n) is 3.41. The minimum atomic E-state index is -5.40. The summed E-state index contributed by atoms with van der Waals surface area (Å²) in [5.41, 5.74) is 8.52. The summed E-state index contributed by atoms with van der Waals surface area (Å²) in [4.78, 5) is -1.90. The minimum absolute atomic E-state index is 0.0978. The summed E-state index contributed by atoms with van der Waals surface area (Å²) in [6.07, 6.45) is -4.79. The number of anilines is 1. The number of benzene rings is 1. The molecule has 0 unspecified atom stereocenters. The van der Waals surface area contributed by atoms with Gasteiger partial charge in [0.1, 0.15) is 27.1 Å². The lowest BCUT2D eigenvalue weighted by molar-refractivity contribution is -0.137. The van der Waals surface area contributed by atoms with Gasteiger partial charge in [-0.2, -0.15) is 27.1 Å². The first kappa shape index (κ1) is 22.6. The number of hydrogen-bond acceptors (Lipinski definition) is 5. The fraction of sp³-hybridized carbons (Fsp3) is 0.231. The van der Waals surface area contributed by atoms with Crippen molar-refractivity contribution < 1.29 is 30.4 Å². The maximum Gasteiger partial charge on any atom is 0.416 e. The van der Waals surface area contributed by atoms with Crippen molar-refractivity contribution in [1.82, 2.24) is 9.78 Å². The Morgan fingerprint density at radius 3 is 2.00 bits per heavy atom. The average Bonchev–Trinajstić information content (AvgIpc) is 2.82. The summed E-state index contributed by atoms with van der Waals surface area (Å²) in [5.74, 6) is -0.909. The topological polar surface area (TPSA) is 104 Å². The largest absolute Gasteiger partial charge is 0.416 e. The van der Waals surface area contributed by atoms with E-state index < -0.39 is 64.0 Å². The lowest BCUT2D eigenvalue weighted by Crippen LogP contribution is -2.27. The van der Waals surface area contributed by atoms with Gasteiger partial charge in [-0.05, 0) is 12.1 Å². The van der Waals surface area contributed by atoms with Crippen LogP contribution in [0.25, 0.3) is 5.69 Å². The Bertz CT molecular complexity index is 1050. The third kappa shape index (κ3) is 3.75. The van der Waals surface area contributed by atoms with Crippen LogP contribution in [0, 0.1) is 0 Å². The van der Waals surface area contributed by atoms with Crippen molar-refractivity contribution in [2.45, 2.75) is 23.3 Å². The lowest BCUT2D eigenvalue weighted by atomic mass is 10.2. The Morgan fingerprint density at radius 2 is 1.64 bits per heavy atom. The molecule has 0 bridgehead atoms. The highest BCUT2D eigenvalue weighted by atomic mass is 35.5. The van der Waals surface area contributed by atoms with Crippen molar-refractivity contribution in [1.29, 1.82) is 0 Å². The molecule has 28 heavy (non-hydrogen) atoms. The van der Waals surface area contributed by atoms with Crippen molar-refractivity contribution in [2.24, 2.45) is 5.73 Å². The van der Waals surface area contributed by atoms with Gasteiger partial charge in [0.15, 0.2) is 0 Å². The molecule has 2 rings (SSSR count). The van der Waals surface area contributed by atoms with E-state index in [1.54, 1.807) is 0 Å². The molecule has 1 heterocycles. The summed E-state index contributed by atoms with van der Waals surface area (Å²) in [5, 5.41) is -1.91. The van der Waals surface area contributed by atoms with E-state index in [2.05, 4.69) is 17.3 Å². The molecule has 15 heteroatoms. The third-order valence-corrected chi connectivity index (χ3v) is 6.06. The normalized spacial score (nSPS) is 13.0. The van der Waals surface area contributed by atoms with Gasteiger partial charge in [-0.25, -0.2) is 13.1 Å². The summed E-state index contributed by atoms with van der Waals surface area (Å²) in [6, 6.07) is 0.958. The van der Waals surface area contributed by atoms with Gasteiger partial charge in [0.2, 0.25) is 9.84 Å². The SMILES string of the molecule is CC(F)(F)S(=O)(=O)c1c(C(N)=S)nn(-c2c(Cl)cc(C(F)(F)F)cc2Cl)c1N.